The number of hydrogen-bond acceptors (Lipinski definition) is 6. The van der Waals surface area contributed by atoms with Gasteiger partial charge < -0.3 is 9.84 Å². The molecule has 0 saturated heterocycles. The number of thiazole rings is 1. The fraction of sp³-hybridized carbons (Fsp3) is 0.105. The summed E-state index contributed by atoms with van der Waals surface area (Å²) in [6, 6.07) is 12.3. The third-order valence-corrected chi connectivity index (χ3v) is 4.96. The SMILES string of the molecule is COc1ccc(C=NCC(=O)c2cnc(-c3ccccc3Cl)s2)cc1O. The Morgan fingerprint density at radius 3 is 2.88 bits per heavy atom. The molecule has 2 aromatic carbocycles. The van der Waals surface area contributed by atoms with Crippen LogP contribution in [0.1, 0.15) is 15.2 Å². The van der Waals surface area contributed by atoms with Crippen molar-refractivity contribution in [1.82, 2.24) is 4.98 Å². The minimum Gasteiger partial charge on any atom is -0.504 e. The van der Waals surface area contributed by atoms with Crippen molar-refractivity contribution in [2.24, 2.45) is 4.99 Å². The largest absolute Gasteiger partial charge is 0.504 e. The van der Waals surface area contributed by atoms with Crippen molar-refractivity contribution in [3.63, 3.8) is 0 Å². The number of carbonyl (C=O) groups is 1. The number of phenolic OH excluding ortho intramolecular Hbond substituents is 1. The highest BCUT2D eigenvalue weighted by molar-refractivity contribution is 7.17. The molecule has 0 bridgehead atoms. The fourth-order valence-electron chi connectivity index (χ4n) is 2.26. The number of aromatic hydroxyl groups is 1. The first-order chi connectivity index (χ1) is 12.6. The van der Waals surface area contributed by atoms with Gasteiger partial charge in [0.2, 0.25) is 0 Å². The summed E-state index contributed by atoms with van der Waals surface area (Å²) in [5.41, 5.74) is 1.48. The molecule has 0 fully saturated rings. The number of methoxy groups -OCH3 is 1. The Hall–Kier alpha value is -2.70. The normalized spacial score (nSPS) is 11.0. The number of halogens is 1. The summed E-state index contributed by atoms with van der Waals surface area (Å²) >= 11 is 7.45. The highest BCUT2D eigenvalue weighted by Crippen LogP contribution is 2.31. The lowest BCUT2D eigenvalue weighted by molar-refractivity contribution is 0.101. The highest BCUT2D eigenvalue weighted by Gasteiger charge is 2.12. The lowest BCUT2D eigenvalue weighted by Gasteiger charge is -2.02. The zero-order valence-corrected chi connectivity index (χ0v) is 15.4. The Kier molecular flexibility index (Phi) is 5.65. The Bertz CT molecular complexity index is 969. The molecule has 0 unspecified atom stereocenters. The number of phenols is 1. The van der Waals surface area contributed by atoms with Crippen molar-refractivity contribution in [3.8, 4) is 22.1 Å². The van der Waals surface area contributed by atoms with Crippen LogP contribution < -0.4 is 4.74 Å². The topological polar surface area (TPSA) is 71.8 Å². The van der Waals surface area contributed by atoms with Gasteiger partial charge in [-0.15, -0.1) is 11.3 Å². The van der Waals surface area contributed by atoms with E-state index in [1.54, 1.807) is 24.4 Å². The van der Waals surface area contributed by atoms with Crippen molar-refractivity contribution < 1.29 is 14.6 Å². The van der Waals surface area contributed by atoms with Crippen molar-refractivity contribution in [2.75, 3.05) is 13.7 Å². The van der Waals surface area contributed by atoms with Crippen LogP contribution in [-0.4, -0.2) is 35.7 Å². The van der Waals surface area contributed by atoms with Gasteiger partial charge in [0.25, 0.3) is 0 Å². The molecule has 0 spiro atoms. The van der Waals surface area contributed by atoms with E-state index >= 15 is 0 Å². The van der Waals surface area contributed by atoms with E-state index in [4.69, 9.17) is 16.3 Å². The zero-order valence-electron chi connectivity index (χ0n) is 13.8. The van der Waals surface area contributed by atoms with Gasteiger partial charge in [0.15, 0.2) is 17.3 Å². The van der Waals surface area contributed by atoms with Crippen LogP contribution >= 0.6 is 22.9 Å². The van der Waals surface area contributed by atoms with E-state index in [1.165, 1.54) is 30.7 Å². The van der Waals surface area contributed by atoms with Gasteiger partial charge in [-0.1, -0.05) is 29.8 Å². The first kappa shape index (κ1) is 18.1. The van der Waals surface area contributed by atoms with Gasteiger partial charge in [-0.05, 0) is 29.8 Å². The molecule has 26 heavy (non-hydrogen) atoms. The lowest BCUT2D eigenvalue weighted by atomic mass is 10.2. The van der Waals surface area contributed by atoms with Gasteiger partial charge in [0.1, 0.15) is 11.6 Å². The van der Waals surface area contributed by atoms with Crippen LogP contribution in [0.3, 0.4) is 0 Å². The van der Waals surface area contributed by atoms with Crippen LogP contribution in [0, 0.1) is 0 Å². The highest BCUT2D eigenvalue weighted by atomic mass is 35.5. The summed E-state index contributed by atoms with van der Waals surface area (Å²) in [7, 11) is 1.48. The average molecular weight is 387 g/mol. The molecule has 0 aliphatic carbocycles. The van der Waals surface area contributed by atoms with Gasteiger partial charge in [0.05, 0.1) is 17.0 Å². The number of rotatable bonds is 6. The summed E-state index contributed by atoms with van der Waals surface area (Å²) in [6.07, 6.45) is 3.08. The predicted octanol–water partition coefficient (Wildman–Crippen LogP) is 4.48. The molecule has 1 N–H and O–H groups in total. The molecule has 0 amide bonds. The van der Waals surface area contributed by atoms with E-state index in [2.05, 4.69) is 9.98 Å². The van der Waals surface area contributed by atoms with Crippen molar-refractivity contribution >= 4 is 34.9 Å². The van der Waals surface area contributed by atoms with Gasteiger partial charge in [0, 0.05) is 18.0 Å². The van der Waals surface area contributed by atoms with Crippen LogP contribution in [0.2, 0.25) is 5.02 Å². The molecule has 0 aliphatic heterocycles. The van der Waals surface area contributed by atoms with Crippen molar-refractivity contribution in [1.29, 1.82) is 0 Å². The number of nitrogens with zero attached hydrogens (tertiary/aromatic N) is 2. The van der Waals surface area contributed by atoms with E-state index in [1.807, 2.05) is 18.2 Å². The zero-order chi connectivity index (χ0) is 18.5. The summed E-state index contributed by atoms with van der Waals surface area (Å²) < 4.78 is 4.98. The van der Waals surface area contributed by atoms with E-state index < -0.39 is 0 Å². The summed E-state index contributed by atoms with van der Waals surface area (Å²) in [5.74, 6) is 0.277. The number of carbonyl (C=O) groups excluding carboxylic acids is 1. The Morgan fingerprint density at radius 1 is 1.35 bits per heavy atom. The predicted molar refractivity (Wildman–Crippen MR) is 104 cm³/mol. The number of benzene rings is 2. The first-order valence-electron chi connectivity index (χ1n) is 7.69. The molecule has 7 heteroatoms. The standard InChI is InChI=1S/C19H15ClN2O3S/c1-25-17-7-6-12(8-15(17)23)9-21-10-16(24)18-11-22-19(26-18)13-4-2-3-5-14(13)20/h2-9,11,23H,10H2,1H3. The second-order valence-electron chi connectivity index (χ2n) is 5.33. The number of Topliss-reactive ketones (excluding diaryl/α,β-unsaturated/α-hetero) is 1. The molecule has 5 nitrogen and oxygen atoms in total. The molecule has 3 aromatic rings. The summed E-state index contributed by atoms with van der Waals surface area (Å²) in [6.45, 7) is -0.00303. The lowest BCUT2D eigenvalue weighted by Crippen LogP contribution is -2.01. The molecule has 3 rings (SSSR count). The van der Waals surface area contributed by atoms with Crippen molar-refractivity contribution in [2.45, 2.75) is 0 Å². The molecular formula is C19H15ClN2O3S. The van der Waals surface area contributed by atoms with E-state index in [0.29, 0.717) is 26.2 Å². The molecular weight excluding hydrogens is 372 g/mol. The first-order valence-corrected chi connectivity index (χ1v) is 8.88. The third-order valence-electron chi connectivity index (χ3n) is 3.56. The average Bonchev–Trinajstić information content (AvgIpc) is 3.12. The number of aromatic nitrogens is 1. The molecule has 132 valence electrons. The van der Waals surface area contributed by atoms with Gasteiger partial charge >= 0.3 is 0 Å². The minimum absolute atomic E-state index is 0.00303. The molecule has 0 aliphatic rings. The molecule has 0 saturated carbocycles. The maximum Gasteiger partial charge on any atom is 0.195 e. The van der Waals surface area contributed by atoms with Gasteiger partial charge in [-0.25, -0.2) is 4.98 Å². The summed E-state index contributed by atoms with van der Waals surface area (Å²) in [4.78, 5) is 21.2. The Morgan fingerprint density at radius 2 is 2.15 bits per heavy atom. The number of aliphatic imine (C=N–C) groups is 1. The maximum absolute atomic E-state index is 12.3. The van der Waals surface area contributed by atoms with E-state index in [-0.39, 0.29) is 18.1 Å². The van der Waals surface area contributed by atoms with Gasteiger partial charge in [-0.3, -0.25) is 9.79 Å². The van der Waals surface area contributed by atoms with E-state index in [9.17, 15) is 9.90 Å². The third kappa shape index (κ3) is 4.09. The monoisotopic (exact) mass is 386 g/mol. The maximum atomic E-state index is 12.3. The number of ether oxygens (including phenoxy) is 1. The summed E-state index contributed by atoms with van der Waals surface area (Å²) in [5, 5.41) is 11.0. The molecule has 0 radical (unpaired) electrons. The Balaban J connectivity index is 1.67. The van der Waals surface area contributed by atoms with Crippen LogP contribution in [-0.2, 0) is 0 Å². The second-order valence-corrected chi connectivity index (χ2v) is 6.77. The van der Waals surface area contributed by atoms with Crippen molar-refractivity contribution in [3.05, 3.63) is 64.1 Å². The minimum atomic E-state index is -0.130. The van der Waals surface area contributed by atoms with Crippen LogP contribution in [0.15, 0.2) is 53.7 Å². The molecule has 0 atom stereocenters. The van der Waals surface area contributed by atoms with E-state index in [0.717, 1.165) is 5.56 Å². The van der Waals surface area contributed by atoms with Crippen LogP contribution in [0.4, 0.5) is 0 Å². The smallest absolute Gasteiger partial charge is 0.195 e. The molecule has 1 aromatic heterocycles. The van der Waals surface area contributed by atoms with Crippen LogP contribution in [0.25, 0.3) is 10.6 Å². The molecule has 1 heterocycles. The van der Waals surface area contributed by atoms with Crippen LogP contribution in [0.5, 0.6) is 11.5 Å². The fourth-order valence-corrected chi connectivity index (χ4v) is 3.43. The number of ketones is 1. The van der Waals surface area contributed by atoms with Gasteiger partial charge in [-0.2, -0.15) is 0 Å². The quantitative estimate of drug-likeness (QED) is 0.500. The second kappa shape index (κ2) is 8.12. The number of hydrogen-bond donors (Lipinski definition) is 1. The Labute approximate surface area is 159 Å².